The molecule has 2 atom stereocenters. The van der Waals surface area contributed by atoms with Crippen molar-refractivity contribution in [2.24, 2.45) is 5.73 Å². The van der Waals surface area contributed by atoms with Gasteiger partial charge in [-0.2, -0.15) is 0 Å². The summed E-state index contributed by atoms with van der Waals surface area (Å²) in [6.45, 7) is 0. The van der Waals surface area contributed by atoms with Crippen molar-refractivity contribution in [2.75, 3.05) is 0 Å². The van der Waals surface area contributed by atoms with Crippen LogP contribution in [0.2, 0.25) is 0 Å². The van der Waals surface area contributed by atoms with Gasteiger partial charge in [0, 0.05) is 6.42 Å². The molecule has 0 radical (unpaired) electrons. The Bertz CT molecular complexity index is 1020. The zero-order valence-corrected chi connectivity index (χ0v) is 15.2. The van der Waals surface area contributed by atoms with Crippen molar-refractivity contribution in [3.63, 3.8) is 0 Å². The second-order valence-corrected chi connectivity index (χ2v) is 6.52. The Labute approximate surface area is 159 Å². The summed E-state index contributed by atoms with van der Waals surface area (Å²) in [5.41, 5.74) is 8.58. The van der Waals surface area contributed by atoms with Gasteiger partial charge in [-0.1, -0.05) is 78.9 Å². The predicted molar refractivity (Wildman–Crippen MR) is 112 cm³/mol. The van der Waals surface area contributed by atoms with Gasteiger partial charge in [-0.15, -0.1) is 12.4 Å². The third kappa shape index (κ3) is 3.45. The molecule has 0 amide bonds. The highest BCUT2D eigenvalue weighted by atomic mass is 35.5. The molecule has 0 unspecified atom stereocenters. The van der Waals surface area contributed by atoms with Gasteiger partial charge in [0.2, 0.25) is 0 Å². The van der Waals surface area contributed by atoms with Gasteiger partial charge < -0.3 is 10.8 Å². The molecular formula is C23H22ClNO. The minimum Gasteiger partial charge on any atom is -0.391 e. The molecule has 0 heterocycles. The molecule has 2 nitrogen and oxygen atoms in total. The highest BCUT2D eigenvalue weighted by Crippen LogP contribution is 2.32. The lowest BCUT2D eigenvalue weighted by molar-refractivity contribution is 0.145. The van der Waals surface area contributed by atoms with Gasteiger partial charge >= 0.3 is 0 Å². The summed E-state index contributed by atoms with van der Waals surface area (Å²) in [7, 11) is 0. The molecule has 0 fully saturated rings. The molecule has 0 saturated heterocycles. The molecule has 4 aromatic rings. The number of hydrogen-bond acceptors (Lipinski definition) is 2. The number of aliphatic hydroxyl groups is 1. The third-order valence-electron chi connectivity index (χ3n) is 4.86. The molecule has 0 aliphatic carbocycles. The summed E-state index contributed by atoms with van der Waals surface area (Å²) in [6.07, 6.45) is -0.0876. The van der Waals surface area contributed by atoms with E-state index in [2.05, 4.69) is 36.4 Å². The fraction of sp³-hybridized carbons (Fsp3) is 0.130. The van der Waals surface area contributed by atoms with E-state index in [1.165, 1.54) is 10.8 Å². The molecule has 0 aliphatic rings. The first-order valence-electron chi connectivity index (χ1n) is 8.62. The smallest absolute Gasteiger partial charge is 0.0773 e. The summed E-state index contributed by atoms with van der Waals surface area (Å²) in [5, 5.41) is 15.4. The highest BCUT2D eigenvalue weighted by molar-refractivity contribution is 6.09. The Morgan fingerprint density at radius 1 is 0.731 bits per heavy atom. The molecule has 132 valence electrons. The molecule has 4 aromatic carbocycles. The molecular weight excluding hydrogens is 342 g/mol. The fourth-order valence-electron chi connectivity index (χ4n) is 3.55. The summed E-state index contributed by atoms with van der Waals surface area (Å²) < 4.78 is 0. The molecule has 0 saturated carbocycles. The maximum atomic E-state index is 10.7. The second kappa shape index (κ2) is 7.88. The van der Waals surface area contributed by atoms with E-state index >= 15 is 0 Å². The number of rotatable bonds is 4. The molecule has 0 bridgehead atoms. The standard InChI is InChI=1S/C23H21NO.ClH/c24-23(22(25)14-16-8-2-1-3-9-16)21-15-17-10-4-5-11-18(17)19-12-6-7-13-20(19)21;/h1-13,15,22-23,25H,14,24H2;1H/t22-,23+;/m1./s1. The van der Waals surface area contributed by atoms with Crippen LogP contribution in [-0.4, -0.2) is 11.2 Å². The molecule has 0 aliphatic heterocycles. The van der Waals surface area contributed by atoms with E-state index in [1.54, 1.807) is 0 Å². The number of benzene rings is 4. The quantitative estimate of drug-likeness (QED) is 0.500. The van der Waals surface area contributed by atoms with Crippen LogP contribution in [0.5, 0.6) is 0 Å². The van der Waals surface area contributed by atoms with Crippen LogP contribution in [-0.2, 0) is 6.42 Å². The first-order chi connectivity index (χ1) is 12.2. The Hall–Kier alpha value is -2.39. The van der Waals surface area contributed by atoms with E-state index in [0.29, 0.717) is 6.42 Å². The minimum atomic E-state index is -0.632. The number of nitrogens with two attached hydrogens (primary N) is 1. The van der Waals surface area contributed by atoms with E-state index in [1.807, 2.05) is 48.5 Å². The van der Waals surface area contributed by atoms with Gasteiger partial charge in [0.05, 0.1) is 12.1 Å². The SMILES string of the molecule is Cl.N[C@@H](c1cc2ccccc2c2ccccc12)[C@H](O)Cc1ccccc1. The van der Waals surface area contributed by atoms with Gasteiger partial charge in [-0.3, -0.25) is 0 Å². The van der Waals surface area contributed by atoms with Gasteiger partial charge in [0.25, 0.3) is 0 Å². The van der Waals surface area contributed by atoms with Gasteiger partial charge in [-0.05, 0) is 38.7 Å². The van der Waals surface area contributed by atoms with Crippen LogP contribution in [0.1, 0.15) is 17.2 Å². The van der Waals surface area contributed by atoms with Crippen LogP contribution < -0.4 is 5.73 Å². The largest absolute Gasteiger partial charge is 0.391 e. The Morgan fingerprint density at radius 3 is 2.04 bits per heavy atom. The van der Waals surface area contributed by atoms with Crippen molar-refractivity contribution in [3.05, 3.63) is 96.1 Å². The molecule has 4 rings (SSSR count). The summed E-state index contributed by atoms with van der Waals surface area (Å²) >= 11 is 0. The number of fused-ring (bicyclic) bond motifs is 3. The Balaban J connectivity index is 0.00000196. The number of aliphatic hydroxyl groups excluding tert-OH is 1. The minimum absolute atomic E-state index is 0. The number of hydrogen-bond donors (Lipinski definition) is 2. The zero-order chi connectivity index (χ0) is 17.2. The van der Waals surface area contributed by atoms with Crippen LogP contribution >= 0.6 is 12.4 Å². The Kier molecular flexibility index (Phi) is 5.58. The summed E-state index contributed by atoms with van der Waals surface area (Å²) in [6, 6.07) is 28.3. The maximum absolute atomic E-state index is 10.7. The highest BCUT2D eigenvalue weighted by Gasteiger charge is 2.20. The van der Waals surface area contributed by atoms with Crippen molar-refractivity contribution < 1.29 is 5.11 Å². The fourth-order valence-corrected chi connectivity index (χ4v) is 3.55. The van der Waals surface area contributed by atoms with Crippen molar-refractivity contribution >= 4 is 34.0 Å². The van der Waals surface area contributed by atoms with Crippen molar-refractivity contribution in [3.8, 4) is 0 Å². The predicted octanol–water partition coefficient (Wildman–Crippen LogP) is 5.02. The average Bonchev–Trinajstić information content (AvgIpc) is 2.67. The summed E-state index contributed by atoms with van der Waals surface area (Å²) in [5.74, 6) is 0. The van der Waals surface area contributed by atoms with Crippen LogP contribution in [0.4, 0.5) is 0 Å². The van der Waals surface area contributed by atoms with E-state index in [4.69, 9.17) is 5.73 Å². The van der Waals surface area contributed by atoms with E-state index in [0.717, 1.165) is 21.9 Å². The molecule has 0 aromatic heterocycles. The van der Waals surface area contributed by atoms with Crippen LogP contribution in [0, 0.1) is 0 Å². The first kappa shape index (κ1) is 18.4. The summed E-state index contributed by atoms with van der Waals surface area (Å²) in [4.78, 5) is 0. The van der Waals surface area contributed by atoms with Gasteiger partial charge in [0.1, 0.15) is 0 Å². The van der Waals surface area contributed by atoms with Crippen molar-refractivity contribution in [1.29, 1.82) is 0 Å². The van der Waals surface area contributed by atoms with Crippen LogP contribution in [0.25, 0.3) is 21.5 Å². The third-order valence-corrected chi connectivity index (χ3v) is 4.86. The second-order valence-electron chi connectivity index (χ2n) is 6.52. The average molecular weight is 364 g/mol. The van der Waals surface area contributed by atoms with E-state index in [9.17, 15) is 5.11 Å². The van der Waals surface area contributed by atoms with E-state index in [-0.39, 0.29) is 12.4 Å². The van der Waals surface area contributed by atoms with Crippen molar-refractivity contribution in [1.82, 2.24) is 0 Å². The van der Waals surface area contributed by atoms with Crippen LogP contribution in [0.3, 0.4) is 0 Å². The lowest BCUT2D eigenvalue weighted by Gasteiger charge is -2.22. The normalized spacial score (nSPS) is 13.3. The molecule has 3 N–H and O–H groups in total. The lowest BCUT2D eigenvalue weighted by atomic mass is 9.90. The monoisotopic (exact) mass is 363 g/mol. The first-order valence-corrected chi connectivity index (χ1v) is 8.62. The van der Waals surface area contributed by atoms with Gasteiger partial charge in [0.15, 0.2) is 0 Å². The lowest BCUT2D eigenvalue weighted by Crippen LogP contribution is -2.28. The molecule has 3 heteroatoms. The van der Waals surface area contributed by atoms with E-state index < -0.39 is 12.1 Å². The van der Waals surface area contributed by atoms with Gasteiger partial charge in [-0.25, -0.2) is 0 Å². The molecule has 26 heavy (non-hydrogen) atoms. The molecule has 0 spiro atoms. The zero-order valence-electron chi connectivity index (χ0n) is 14.4. The van der Waals surface area contributed by atoms with Crippen LogP contribution in [0.15, 0.2) is 84.9 Å². The topological polar surface area (TPSA) is 46.2 Å². The van der Waals surface area contributed by atoms with Crippen molar-refractivity contribution in [2.45, 2.75) is 18.6 Å². The maximum Gasteiger partial charge on any atom is 0.0773 e. The Morgan fingerprint density at radius 2 is 1.31 bits per heavy atom. The number of halogens is 1.